The summed E-state index contributed by atoms with van der Waals surface area (Å²) >= 11 is 0. The Morgan fingerprint density at radius 1 is 1.37 bits per heavy atom. The van der Waals surface area contributed by atoms with Crippen LogP contribution in [0.2, 0.25) is 0 Å². The SMILES string of the molecule is CCCc1nc2cnccc2n1CC1CCNCC1. The number of imidazole rings is 1. The summed E-state index contributed by atoms with van der Waals surface area (Å²) < 4.78 is 2.43. The summed E-state index contributed by atoms with van der Waals surface area (Å²) in [5, 5.41) is 3.44. The number of nitrogens with zero attached hydrogens (tertiary/aromatic N) is 3. The summed E-state index contributed by atoms with van der Waals surface area (Å²) in [5.74, 6) is 2.01. The van der Waals surface area contributed by atoms with E-state index < -0.39 is 0 Å². The van der Waals surface area contributed by atoms with Crippen LogP contribution in [0.4, 0.5) is 0 Å². The van der Waals surface area contributed by atoms with Gasteiger partial charge in [0, 0.05) is 19.2 Å². The van der Waals surface area contributed by atoms with Crippen LogP contribution in [0.15, 0.2) is 18.5 Å². The molecule has 4 heteroatoms. The van der Waals surface area contributed by atoms with Gasteiger partial charge < -0.3 is 9.88 Å². The third kappa shape index (κ3) is 2.63. The zero-order chi connectivity index (χ0) is 13.1. The van der Waals surface area contributed by atoms with E-state index in [1.807, 2.05) is 12.4 Å². The molecule has 0 aliphatic carbocycles. The second-order valence-corrected chi connectivity index (χ2v) is 5.45. The van der Waals surface area contributed by atoms with Gasteiger partial charge in [0.1, 0.15) is 11.3 Å². The zero-order valence-corrected chi connectivity index (χ0v) is 11.6. The molecule has 19 heavy (non-hydrogen) atoms. The Kier molecular flexibility index (Phi) is 3.78. The fourth-order valence-electron chi connectivity index (χ4n) is 2.97. The smallest absolute Gasteiger partial charge is 0.109 e. The Hall–Kier alpha value is -1.42. The first-order valence-electron chi connectivity index (χ1n) is 7.38. The number of nitrogens with one attached hydrogen (secondary N) is 1. The molecule has 1 N–H and O–H groups in total. The van der Waals surface area contributed by atoms with Crippen molar-refractivity contribution in [3.05, 3.63) is 24.3 Å². The Bertz CT molecular complexity index is 540. The van der Waals surface area contributed by atoms with Crippen LogP contribution in [0, 0.1) is 5.92 Å². The number of fused-ring (bicyclic) bond motifs is 1. The number of piperidine rings is 1. The lowest BCUT2D eigenvalue weighted by Crippen LogP contribution is -2.30. The van der Waals surface area contributed by atoms with Crippen molar-refractivity contribution in [1.29, 1.82) is 0 Å². The standard InChI is InChI=1S/C15H22N4/c1-2-3-15-18-13-10-17-9-6-14(13)19(15)11-12-4-7-16-8-5-12/h6,9-10,12,16H,2-5,7-8,11H2,1H3. The molecule has 0 unspecified atom stereocenters. The quantitative estimate of drug-likeness (QED) is 0.915. The Balaban J connectivity index is 1.92. The highest BCUT2D eigenvalue weighted by Crippen LogP contribution is 2.21. The molecule has 1 fully saturated rings. The van der Waals surface area contributed by atoms with Crippen LogP contribution in [0.25, 0.3) is 11.0 Å². The van der Waals surface area contributed by atoms with Crippen molar-refractivity contribution in [3.8, 4) is 0 Å². The minimum absolute atomic E-state index is 0.780. The first-order valence-corrected chi connectivity index (χ1v) is 7.38. The average Bonchev–Trinajstić information content (AvgIpc) is 2.79. The zero-order valence-electron chi connectivity index (χ0n) is 11.6. The lowest BCUT2D eigenvalue weighted by atomic mass is 9.98. The van der Waals surface area contributed by atoms with Crippen molar-refractivity contribution in [2.75, 3.05) is 13.1 Å². The molecule has 4 nitrogen and oxygen atoms in total. The maximum Gasteiger partial charge on any atom is 0.109 e. The second-order valence-electron chi connectivity index (χ2n) is 5.45. The molecule has 2 aromatic heterocycles. The summed E-state index contributed by atoms with van der Waals surface area (Å²) in [4.78, 5) is 8.94. The van der Waals surface area contributed by atoms with Crippen molar-refractivity contribution in [3.63, 3.8) is 0 Å². The topological polar surface area (TPSA) is 42.7 Å². The molecule has 0 radical (unpaired) electrons. The maximum absolute atomic E-state index is 4.75. The van der Waals surface area contributed by atoms with Crippen LogP contribution in [0.5, 0.6) is 0 Å². The summed E-state index contributed by atoms with van der Waals surface area (Å²) in [6.45, 7) is 5.63. The number of hydrogen-bond acceptors (Lipinski definition) is 3. The predicted octanol–water partition coefficient (Wildman–Crippen LogP) is 2.38. The van der Waals surface area contributed by atoms with Crippen LogP contribution >= 0.6 is 0 Å². The molecule has 2 aromatic rings. The van der Waals surface area contributed by atoms with Gasteiger partial charge in [-0.2, -0.15) is 0 Å². The minimum atomic E-state index is 0.780. The van der Waals surface area contributed by atoms with Gasteiger partial charge in [-0.1, -0.05) is 6.92 Å². The fourth-order valence-corrected chi connectivity index (χ4v) is 2.97. The van der Waals surface area contributed by atoms with Gasteiger partial charge in [-0.15, -0.1) is 0 Å². The molecule has 0 spiro atoms. The van der Waals surface area contributed by atoms with Gasteiger partial charge in [0.05, 0.1) is 11.7 Å². The molecule has 1 saturated heterocycles. The van der Waals surface area contributed by atoms with Crippen molar-refractivity contribution in [1.82, 2.24) is 19.9 Å². The van der Waals surface area contributed by atoms with Crippen LogP contribution in [0.3, 0.4) is 0 Å². The molecule has 1 aliphatic heterocycles. The summed E-state index contributed by atoms with van der Waals surface area (Å²) in [7, 11) is 0. The summed E-state index contributed by atoms with van der Waals surface area (Å²) in [5.41, 5.74) is 2.29. The van der Waals surface area contributed by atoms with Gasteiger partial charge in [0.25, 0.3) is 0 Å². The minimum Gasteiger partial charge on any atom is -0.328 e. The summed E-state index contributed by atoms with van der Waals surface area (Å²) in [6.07, 6.45) is 8.50. The molecule has 0 atom stereocenters. The van der Waals surface area contributed by atoms with Crippen LogP contribution in [-0.2, 0) is 13.0 Å². The number of aromatic nitrogens is 3. The van der Waals surface area contributed by atoms with E-state index >= 15 is 0 Å². The Labute approximate surface area is 114 Å². The first kappa shape index (κ1) is 12.6. The third-order valence-corrected chi connectivity index (χ3v) is 4.00. The molecule has 3 heterocycles. The summed E-state index contributed by atoms with van der Waals surface area (Å²) in [6, 6.07) is 2.10. The monoisotopic (exact) mass is 258 g/mol. The van der Waals surface area contributed by atoms with Gasteiger partial charge in [-0.05, 0) is 44.3 Å². The van der Waals surface area contributed by atoms with E-state index in [9.17, 15) is 0 Å². The Morgan fingerprint density at radius 3 is 3.00 bits per heavy atom. The van der Waals surface area contributed by atoms with Gasteiger partial charge in [0.2, 0.25) is 0 Å². The lowest BCUT2D eigenvalue weighted by Gasteiger charge is -2.24. The molecule has 102 valence electrons. The molecule has 0 bridgehead atoms. The van der Waals surface area contributed by atoms with E-state index in [1.165, 1.54) is 24.2 Å². The normalized spacial score (nSPS) is 17.1. The molecule has 0 amide bonds. The number of hydrogen-bond donors (Lipinski definition) is 1. The van der Waals surface area contributed by atoms with Crippen LogP contribution in [0.1, 0.15) is 32.0 Å². The van der Waals surface area contributed by atoms with E-state index in [-0.39, 0.29) is 0 Å². The largest absolute Gasteiger partial charge is 0.328 e. The van der Waals surface area contributed by atoms with Crippen LogP contribution in [-0.4, -0.2) is 27.6 Å². The highest BCUT2D eigenvalue weighted by molar-refractivity contribution is 5.74. The Morgan fingerprint density at radius 2 is 2.21 bits per heavy atom. The maximum atomic E-state index is 4.75. The highest BCUT2D eigenvalue weighted by atomic mass is 15.1. The molecule has 0 aromatic carbocycles. The number of rotatable bonds is 4. The highest BCUT2D eigenvalue weighted by Gasteiger charge is 2.17. The third-order valence-electron chi connectivity index (χ3n) is 4.00. The van der Waals surface area contributed by atoms with E-state index in [0.29, 0.717) is 0 Å². The number of aryl methyl sites for hydroxylation is 1. The van der Waals surface area contributed by atoms with E-state index in [0.717, 1.165) is 43.9 Å². The van der Waals surface area contributed by atoms with E-state index in [2.05, 4.69) is 27.9 Å². The molecular formula is C15H22N4. The molecule has 0 saturated carbocycles. The van der Waals surface area contributed by atoms with Crippen molar-refractivity contribution in [2.24, 2.45) is 5.92 Å². The second kappa shape index (κ2) is 5.70. The molecular weight excluding hydrogens is 236 g/mol. The van der Waals surface area contributed by atoms with Gasteiger partial charge >= 0.3 is 0 Å². The fraction of sp³-hybridized carbons (Fsp3) is 0.600. The lowest BCUT2D eigenvalue weighted by molar-refractivity contribution is 0.333. The van der Waals surface area contributed by atoms with Crippen molar-refractivity contribution < 1.29 is 0 Å². The van der Waals surface area contributed by atoms with Crippen molar-refractivity contribution >= 4 is 11.0 Å². The van der Waals surface area contributed by atoms with Crippen molar-refractivity contribution in [2.45, 2.75) is 39.2 Å². The number of pyridine rings is 1. The van der Waals surface area contributed by atoms with E-state index in [1.54, 1.807) is 0 Å². The average molecular weight is 258 g/mol. The molecule has 1 aliphatic rings. The van der Waals surface area contributed by atoms with E-state index in [4.69, 9.17) is 4.98 Å². The van der Waals surface area contributed by atoms with Crippen LogP contribution < -0.4 is 5.32 Å². The van der Waals surface area contributed by atoms with Gasteiger partial charge in [-0.3, -0.25) is 4.98 Å². The van der Waals surface area contributed by atoms with Gasteiger partial charge in [-0.25, -0.2) is 4.98 Å². The first-order chi connectivity index (χ1) is 9.38. The van der Waals surface area contributed by atoms with Gasteiger partial charge in [0.15, 0.2) is 0 Å². The predicted molar refractivity (Wildman–Crippen MR) is 77.1 cm³/mol. The molecule has 3 rings (SSSR count).